The Kier molecular flexibility index (Phi) is 2.91. The summed E-state index contributed by atoms with van der Waals surface area (Å²) in [6.07, 6.45) is -0.336. The normalized spacial score (nSPS) is 18.3. The van der Waals surface area contributed by atoms with E-state index in [4.69, 9.17) is 9.47 Å². The molecule has 0 aromatic heterocycles. The van der Waals surface area contributed by atoms with Gasteiger partial charge in [0.05, 0.1) is 12.2 Å². The van der Waals surface area contributed by atoms with E-state index in [1.165, 1.54) is 0 Å². The third-order valence-corrected chi connectivity index (χ3v) is 3.12. The lowest BCUT2D eigenvalue weighted by Crippen LogP contribution is -2.22. The van der Waals surface area contributed by atoms with Gasteiger partial charge < -0.3 is 9.47 Å². The topological polar surface area (TPSA) is 52.6 Å². The lowest BCUT2D eigenvalue weighted by atomic mass is 10.1. The Morgan fingerprint density at radius 3 is 2.68 bits per heavy atom. The van der Waals surface area contributed by atoms with Crippen LogP contribution in [0.3, 0.4) is 0 Å². The van der Waals surface area contributed by atoms with E-state index in [0.29, 0.717) is 18.6 Å². The molecule has 1 fully saturated rings. The summed E-state index contributed by atoms with van der Waals surface area (Å²) >= 11 is 0. The molecule has 0 saturated carbocycles. The van der Waals surface area contributed by atoms with Crippen molar-refractivity contribution in [3.05, 3.63) is 48.0 Å². The second-order valence-corrected chi connectivity index (χ2v) is 4.41. The lowest BCUT2D eigenvalue weighted by molar-refractivity contribution is -0.145. The fourth-order valence-corrected chi connectivity index (χ4v) is 2.10. The number of benzene rings is 2. The number of carbonyl (C=O) groups is 2. The molecule has 96 valence electrons. The molecule has 0 unspecified atom stereocenters. The smallest absolute Gasteiger partial charge is 0.347 e. The van der Waals surface area contributed by atoms with Gasteiger partial charge in [-0.2, -0.15) is 0 Å². The molecular weight excluding hydrogens is 244 g/mol. The number of esters is 2. The Bertz CT molecular complexity index is 647. The fourth-order valence-electron chi connectivity index (χ4n) is 2.10. The van der Waals surface area contributed by atoms with Gasteiger partial charge in [0.25, 0.3) is 0 Å². The van der Waals surface area contributed by atoms with E-state index in [2.05, 4.69) is 0 Å². The van der Waals surface area contributed by atoms with Crippen molar-refractivity contribution >= 4 is 22.7 Å². The first kappa shape index (κ1) is 11.7. The van der Waals surface area contributed by atoms with Crippen molar-refractivity contribution < 1.29 is 19.1 Å². The summed E-state index contributed by atoms with van der Waals surface area (Å²) in [4.78, 5) is 23.2. The largest absolute Gasteiger partial charge is 0.463 e. The highest BCUT2D eigenvalue weighted by atomic mass is 16.6. The van der Waals surface area contributed by atoms with Gasteiger partial charge in [-0.1, -0.05) is 30.3 Å². The molecule has 0 aliphatic carbocycles. The molecule has 1 saturated heterocycles. The van der Waals surface area contributed by atoms with E-state index in [0.717, 1.165) is 10.8 Å². The quantitative estimate of drug-likeness (QED) is 0.774. The van der Waals surface area contributed by atoms with Gasteiger partial charge in [0, 0.05) is 6.42 Å². The lowest BCUT2D eigenvalue weighted by Gasteiger charge is -2.08. The molecule has 0 radical (unpaired) electrons. The minimum Gasteiger partial charge on any atom is -0.463 e. The molecule has 0 bridgehead atoms. The van der Waals surface area contributed by atoms with Gasteiger partial charge in [0.15, 0.2) is 0 Å². The minimum absolute atomic E-state index is 0.314. The summed E-state index contributed by atoms with van der Waals surface area (Å²) < 4.78 is 9.90. The molecule has 1 atom stereocenters. The molecule has 0 N–H and O–H groups in total. The number of fused-ring (bicyclic) bond motifs is 1. The minimum atomic E-state index is -0.765. The van der Waals surface area contributed by atoms with Crippen LogP contribution in [-0.4, -0.2) is 24.6 Å². The van der Waals surface area contributed by atoms with Crippen molar-refractivity contribution in [2.24, 2.45) is 0 Å². The standard InChI is InChI=1S/C15H12O4/c16-14(19-13-7-8-18-15(13)17)12-6-5-10-3-1-2-4-11(10)9-12/h1-6,9,13H,7-8H2/t13-/m0/s1. The predicted molar refractivity (Wildman–Crippen MR) is 68.7 cm³/mol. The van der Waals surface area contributed by atoms with E-state index in [9.17, 15) is 9.59 Å². The van der Waals surface area contributed by atoms with E-state index in [1.807, 2.05) is 30.3 Å². The maximum Gasteiger partial charge on any atom is 0.347 e. The van der Waals surface area contributed by atoms with Crippen LogP contribution in [0.15, 0.2) is 42.5 Å². The van der Waals surface area contributed by atoms with Gasteiger partial charge >= 0.3 is 11.9 Å². The zero-order valence-corrected chi connectivity index (χ0v) is 10.2. The van der Waals surface area contributed by atoms with Crippen molar-refractivity contribution in [1.82, 2.24) is 0 Å². The summed E-state index contributed by atoms with van der Waals surface area (Å²) in [5.74, 6) is -0.955. The maximum atomic E-state index is 12.0. The fraction of sp³-hybridized carbons (Fsp3) is 0.200. The monoisotopic (exact) mass is 256 g/mol. The third kappa shape index (κ3) is 2.29. The van der Waals surface area contributed by atoms with Gasteiger partial charge in [-0.15, -0.1) is 0 Å². The van der Waals surface area contributed by atoms with E-state index >= 15 is 0 Å². The summed E-state index contributed by atoms with van der Waals surface area (Å²) in [5.41, 5.74) is 0.443. The number of hydrogen-bond donors (Lipinski definition) is 0. The first-order valence-electron chi connectivity index (χ1n) is 6.10. The van der Waals surface area contributed by atoms with Gasteiger partial charge in [0.1, 0.15) is 0 Å². The van der Waals surface area contributed by atoms with Crippen molar-refractivity contribution in [3.63, 3.8) is 0 Å². The Hall–Kier alpha value is -2.36. The number of carbonyl (C=O) groups excluding carboxylic acids is 2. The first-order chi connectivity index (χ1) is 9.24. The predicted octanol–water partition coefficient (Wildman–Crippen LogP) is 2.31. The molecule has 1 aliphatic rings. The van der Waals surface area contributed by atoms with Gasteiger partial charge in [-0.25, -0.2) is 9.59 Å². The van der Waals surface area contributed by atoms with Crippen molar-refractivity contribution in [3.8, 4) is 0 Å². The molecular formula is C15H12O4. The second-order valence-electron chi connectivity index (χ2n) is 4.41. The number of cyclic esters (lactones) is 1. The van der Waals surface area contributed by atoms with Crippen molar-refractivity contribution in [2.75, 3.05) is 6.61 Å². The highest BCUT2D eigenvalue weighted by Gasteiger charge is 2.30. The summed E-state index contributed by atoms with van der Waals surface area (Å²) in [6, 6.07) is 13.1. The van der Waals surface area contributed by atoms with Gasteiger partial charge in [-0.05, 0) is 22.9 Å². The SMILES string of the molecule is O=C(O[C@H]1CCOC1=O)c1ccc2ccccc2c1. The highest BCUT2D eigenvalue weighted by Crippen LogP contribution is 2.18. The van der Waals surface area contributed by atoms with Gasteiger partial charge in [-0.3, -0.25) is 0 Å². The molecule has 19 heavy (non-hydrogen) atoms. The molecule has 2 aromatic carbocycles. The molecule has 1 heterocycles. The Morgan fingerprint density at radius 1 is 1.16 bits per heavy atom. The number of hydrogen-bond acceptors (Lipinski definition) is 4. The summed E-state index contributed by atoms with van der Waals surface area (Å²) in [6.45, 7) is 0.314. The highest BCUT2D eigenvalue weighted by molar-refractivity contribution is 5.96. The van der Waals surface area contributed by atoms with Crippen molar-refractivity contribution in [2.45, 2.75) is 12.5 Å². The molecule has 3 rings (SSSR count). The van der Waals surface area contributed by atoms with E-state index in [-0.39, 0.29) is 0 Å². The Balaban J connectivity index is 1.83. The Labute approximate surface area is 109 Å². The average Bonchev–Trinajstić information content (AvgIpc) is 2.84. The molecule has 4 nitrogen and oxygen atoms in total. The first-order valence-corrected chi connectivity index (χ1v) is 6.10. The Morgan fingerprint density at radius 2 is 1.95 bits per heavy atom. The van der Waals surface area contributed by atoms with Crippen LogP contribution in [-0.2, 0) is 14.3 Å². The summed E-state index contributed by atoms with van der Waals surface area (Å²) in [5, 5.41) is 2.02. The van der Waals surface area contributed by atoms with Crippen LogP contribution >= 0.6 is 0 Å². The van der Waals surface area contributed by atoms with Gasteiger partial charge in [0.2, 0.25) is 6.10 Å². The molecule has 2 aromatic rings. The van der Waals surface area contributed by atoms with Crippen LogP contribution in [0.5, 0.6) is 0 Å². The molecule has 0 spiro atoms. The zero-order chi connectivity index (χ0) is 13.2. The van der Waals surface area contributed by atoms with Crippen LogP contribution in [0.1, 0.15) is 16.8 Å². The van der Waals surface area contributed by atoms with Crippen LogP contribution < -0.4 is 0 Å². The third-order valence-electron chi connectivity index (χ3n) is 3.12. The van der Waals surface area contributed by atoms with E-state index in [1.54, 1.807) is 12.1 Å². The summed E-state index contributed by atoms with van der Waals surface area (Å²) in [7, 11) is 0. The number of rotatable bonds is 2. The van der Waals surface area contributed by atoms with Crippen molar-refractivity contribution in [1.29, 1.82) is 0 Å². The molecule has 0 amide bonds. The van der Waals surface area contributed by atoms with Crippen LogP contribution in [0.2, 0.25) is 0 Å². The number of ether oxygens (including phenoxy) is 2. The van der Waals surface area contributed by atoms with Crippen LogP contribution in [0, 0.1) is 0 Å². The second kappa shape index (κ2) is 4.72. The van der Waals surface area contributed by atoms with E-state index < -0.39 is 18.0 Å². The maximum absolute atomic E-state index is 12.0. The van der Waals surface area contributed by atoms with Crippen LogP contribution in [0.25, 0.3) is 10.8 Å². The zero-order valence-electron chi connectivity index (χ0n) is 10.2. The van der Waals surface area contributed by atoms with Crippen LogP contribution in [0.4, 0.5) is 0 Å². The average molecular weight is 256 g/mol. The molecule has 4 heteroatoms. The molecule has 1 aliphatic heterocycles.